The summed E-state index contributed by atoms with van der Waals surface area (Å²) in [6, 6.07) is 11.6. The monoisotopic (exact) mass is 591 g/mol. The van der Waals surface area contributed by atoms with Crippen LogP contribution in [0.2, 0.25) is 5.02 Å². The van der Waals surface area contributed by atoms with Crippen molar-refractivity contribution in [1.82, 2.24) is 10.7 Å². The smallest absolute Gasteiger partial charge is 0.345 e. The van der Waals surface area contributed by atoms with Gasteiger partial charge < -0.3 is 10.1 Å². The van der Waals surface area contributed by atoms with Gasteiger partial charge in [0.15, 0.2) is 0 Å². The van der Waals surface area contributed by atoms with Gasteiger partial charge in [-0.1, -0.05) is 98.0 Å². The number of ether oxygens (including phenoxy) is 1. The van der Waals surface area contributed by atoms with Gasteiger partial charge in [0.1, 0.15) is 5.75 Å². The van der Waals surface area contributed by atoms with Crippen molar-refractivity contribution in [1.29, 1.82) is 0 Å². The first-order valence-electron chi connectivity index (χ1n) is 12.8. The first-order valence-corrected chi connectivity index (χ1v) is 13.9. The van der Waals surface area contributed by atoms with E-state index in [9.17, 15) is 14.4 Å². The molecule has 2 N–H and O–H groups in total. The van der Waals surface area contributed by atoms with Gasteiger partial charge in [-0.2, -0.15) is 5.10 Å². The van der Waals surface area contributed by atoms with Crippen LogP contribution < -0.4 is 15.5 Å². The van der Waals surface area contributed by atoms with E-state index in [1.165, 1.54) is 44.7 Å². The summed E-state index contributed by atoms with van der Waals surface area (Å²) in [7, 11) is 0. The van der Waals surface area contributed by atoms with Crippen LogP contribution in [-0.4, -0.2) is 30.5 Å². The SMILES string of the molecule is CCCCCCCCCCCC(=O)NCC(=O)N/N=C\c1cc(Br)ccc1OC(=O)c1ccccc1Cl. The summed E-state index contributed by atoms with van der Waals surface area (Å²) in [5, 5.41) is 6.82. The zero-order valence-electron chi connectivity index (χ0n) is 21.2. The third-order valence-electron chi connectivity index (χ3n) is 5.61. The lowest BCUT2D eigenvalue weighted by atomic mass is 10.1. The molecule has 0 saturated carbocycles. The Morgan fingerprint density at radius 3 is 2.32 bits per heavy atom. The van der Waals surface area contributed by atoms with E-state index in [0.29, 0.717) is 12.0 Å². The van der Waals surface area contributed by atoms with Crippen LogP contribution in [0.25, 0.3) is 0 Å². The zero-order valence-corrected chi connectivity index (χ0v) is 23.6. The Kier molecular flexibility index (Phi) is 14.6. The molecule has 0 unspecified atom stereocenters. The molecule has 0 saturated heterocycles. The fourth-order valence-electron chi connectivity index (χ4n) is 3.57. The van der Waals surface area contributed by atoms with Crippen LogP contribution in [0.4, 0.5) is 0 Å². The Hall–Kier alpha value is -2.71. The van der Waals surface area contributed by atoms with Gasteiger partial charge in [-0.3, -0.25) is 9.59 Å². The number of halogens is 2. The average Bonchev–Trinajstić information content (AvgIpc) is 2.88. The minimum absolute atomic E-state index is 0.150. The van der Waals surface area contributed by atoms with Gasteiger partial charge in [0.05, 0.1) is 23.3 Å². The summed E-state index contributed by atoms with van der Waals surface area (Å²) in [6.45, 7) is 2.05. The van der Waals surface area contributed by atoms with E-state index in [2.05, 4.69) is 38.7 Å². The van der Waals surface area contributed by atoms with Gasteiger partial charge in [0.25, 0.3) is 5.91 Å². The second-order valence-electron chi connectivity index (χ2n) is 8.70. The highest BCUT2D eigenvalue weighted by Gasteiger charge is 2.14. The molecule has 200 valence electrons. The number of carbonyl (C=O) groups excluding carboxylic acids is 3. The quantitative estimate of drug-likeness (QED) is 0.0736. The molecule has 2 amide bonds. The molecular weight excluding hydrogens is 558 g/mol. The normalized spacial score (nSPS) is 10.9. The van der Waals surface area contributed by atoms with Crippen LogP contribution in [0.3, 0.4) is 0 Å². The van der Waals surface area contributed by atoms with E-state index in [0.717, 1.165) is 23.7 Å². The van der Waals surface area contributed by atoms with Gasteiger partial charge in [-0.15, -0.1) is 0 Å². The Bertz CT molecular complexity index is 1060. The lowest BCUT2D eigenvalue weighted by Crippen LogP contribution is -2.34. The van der Waals surface area contributed by atoms with Crippen LogP contribution in [0.5, 0.6) is 5.75 Å². The minimum atomic E-state index is -0.610. The number of carbonyl (C=O) groups is 3. The van der Waals surface area contributed by atoms with Crippen LogP contribution in [0.1, 0.15) is 87.1 Å². The van der Waals surface area contributed by atoms with Crippen molar-refractivity contribution in [2.45, 2.75) is 71.1 Å². The number of rotatable bonds is 16. The Labute approximate surface area is 232 Å². The molecule has 9 heteroatoms. The van der Waals surface area contributed by atoms with E-state index in [-0.39, 0.29) is 28.8 Å². The Morgan fingerprint density at radius 2 is 1.62 bits per heavy atom. The van der Waals surface area contributed by atoms with Crippen LogP contribution in [0, 0.1) is 0 Å². The van der Waals surface area contributed by atoms with Crippen molar-refractivity contribution in [2.75, 3.05) is 6.54 Å². The van der Waals surface area contributed by atoms with Gasteiger partial charge in [-0.05, 0) is 36.8 Å². The van der Waals surface area contributed by atoms with Gasteiger partial charge in [0.2, 0.25) is 5.91 Å². The number of hydrogen-bond acceptors (Lipinski definition) is 5. The average molecular weight is 593 g/mol. The third-order valence-corrected chi connectivity index (χ3v) is 6.44. The summed E-state index contributed by atoms with van der Waals surface area (Å²) in [6.07, 6.45) is 12.4. The molecule has 0 bridgehead atoms. The van der Waals surface area contributed by atoms with Crippen LogP contribution in [-0.2, 0) is 9.59 Å². The molecule has 0 aliphatic carbocycles. The number of hydrazone groups is 1. The number of benzene rings is 2. The first kappa shape index (κ1) is 30.5. The van der Waals surface area contributed by atoms with Crippen molar-refractivity contribution < 1.29 is 19.1 Å². The molecule has 2 rings (SSSR count). The molecule has 0 atom stereocenters. The molecule has 0 aliphatic rings. The molecule has 0 heterocycles. The number of unbranched alkanes of at least 4 members (excludes halogenated alkanes) is 8. The largest absolute Gasteiger partial charge is 0.422 e. The maximum absolute atomic E-state index is 12.5. The molecule has 0 fully saturated rings. The van der Waals surface area contributed by atoms with E-state index >= 15 is 0 Å². The fraction of sp³-hybridized carbons (Fsp3) is 0.429. The molecule has 0 aliphatic heterocycles. The van der Waals surface area contributed by atoms with Crippen LogP contribution >= 0.6 is 27.5 Å². The zero-order chi connectivity index (χ0) is 26.9. The highest BCUT2D eigenvalue weighted by atomic mass is 79.9. The fourth-order valence-corrected chi connectivity index (χ4v) is 4.16. The summed E-state index contributed by atoms with van der Waals surface area (Å²) in [4.78, 5) is 36.6. The maximum Gasteiger partial charge on any atom is 0.345 e. The number of hydrogen-bond donors (Lipinski definition) is 2. The van der Waals surface area contributed by atoms with E-state index in [1.54, 1.807) is 42.5 Å². The molecule has 0 radical (unpaired) electrons. The highest BCUT2D eigenvalue weighted by molar-refractivity contribution is 9.10. The topological polar surface area (TPSA) is 96.9 Å². The number of nitrogens with zero attached hydrogens (tertiary/aromatic N) is 1. The Balaban J connectivity index is 1.72. The summed E-state index contributed by atoms with van der Waals surface area (Å²) >= 11 is 9.45. The summed E-state index contributed by atoms with van der Waals surface area (Å²) < 4.78 is 6.22. The lowest BCUT2D eigenvalue weighted by molar-refractivity contribution is -0.126. The van der Waals surface area contributed by atoms with Crippen molar-refractivity contribution >= 4 is 51.5 Å². The number of nitrogens with one attached hydrogen (secondary N) is 2. The van der Waals surface area contributed by atoms with Crippen molar-refractivity contribution in [2.24, 2.45) is 5.10 Å². The molecule has 0 spiro atoms. The lowest BCUT2D eigenvalue weighted by Gasteiger charge is -2.09. The predicted octanol–water partition coefficient (Wildman–Crippen LogP) is 6.81. The first-order chi connectivity index (χ1) is 17.9. The molecule has 2 aromatic rings. The maximum atomic E-state index is 12.5. The Morgan fingerprint density at radius 1 is 0.946 bits per heavy atom. The second-order valence-corrected chi connectivity index (χ2v) is 10.0. The third kappa shape index (κ3) is 12.4. The summed E-state index contributed by atoms with van der Waals surface area (Å²) in [5.74, 6) is -0.967. The van der Waals surface area contributed by atoms with Gasteiger partial charge in [-0.25, -0.2) is 10.2 Å². The van der Waals surface area contributed by atoms with E-state index in [4.69, 9.17) is 16.3 Å². The van der Waals surface area contributed by atoms with Crippen molar-refractivity contribution in [3.05, 3.63) is 63.1 Å². The molecule has 7 nitrogen and oxygen atoms in total. The van der Waals surface area contributed by atoms with Gasteiger partial charge >= 0.3 is 5.97 Å². The molecule has 37 heavy (non-hydrogen) atoms. The van der Waals surface area contributed by atoms with Crippen molar-refractivity contribution in [3.63, 3.8) is 0 Å². The predicted molar refractivity (Wildman–Crippen MR) is 151 cm³/mol. The van der Waals surface area contributed by atoms with Crippen molar-refractivity contribution in [3.8, 4) is 5.75 Å². The second kappa shape index (κ2) is 17.7. The number of esters is 1. The highest BCUT2D eigenvalue weighted by Crippen LogP contribution is 2.24. The van der Waals surface area contributed by atoms with E-state index < -0.39 is 11.9 Å². The standard InChI is InChI=1S/C28H35BrClN3O4/c1-2-3-4-5-6-7-8-9-10-15-26(34)31-20-27(35)33-32-19-21-18-22(29)16-17-25(21)37-28(36)23-13-11-12-14-24(23)30/h11-14,16-19H,2-10,15,20H2,1H3,(H,31,34)(H,33,35)/b32-19-. The molecule has 2 aromatic carbocycles. The number of amides is 2. The van der Waals surface area contributed by atoms with Crippen LogP contribution in [0.15, 0.2) is 52.0 Å². The molecule has 0 aromatic heterocycles. The summed E-state index contributed by atoms with van der Waals surface area (Å²) in [5.41, 5.74) is 3.07. The molecular formula is C28H35BrClN3O4. The van der Waals surface area contributed by atoms with E-state index in [1.807, 2.05) is 0 Å². The van der Waals surface area contributed by atoms with Gasteiger partial charge in [0, 0.05) is 16.5 Å². The minimum Gasteiger partial charge on any atom is -0.422 e.